The zero-order valence-corrected chi connectivity index (χ0v) is 12.8. The fourth-order valence-corrected chi connectivity index (χ4v) is 4.64. The van der Waals surface area contributed by atoms with Crippen LogP contribution in [-0.2, 0) is 5.21 Å². The van der Waals surface area contributed by atoms with Gasteiger partial charge in [-0.15, -0.1) is 0 Å². The molecule has 1 aromatic carbocycles. The molecule has 1 aliphatic rings. The van der Waals surface area contributed by atoms with Gasteiger partial charge in [0.1, 0.15) is 0 Å². The molecule has 2 rings (SSSR count). The summed E-state index contributed by atoms with van der Waals surface area (Å²) in [7, 11) is 0. The van der Waals surface area contributed by atoms with Gasteiger partial charge < -0.3 is 0 Å². The maximum atomic E-state index is 9.52. The Morgan fingerprint density at radius 2 is 1.65 bits per heavy atom. The fourth-order valence-electron chi connectivity index (χ4n) is 2.67. The first-order chi connectivity index (χ1) is 8.15. The van der Waals surface area contributed by atoms with Gasteiger partial charge in [-0.3, -0.25) is 0 Å². The van der Waals surface area contributed by atoms with Gasteiger partial charge in [0.15, 0.2) is 0 Å². The molecule has 94 valence electrons. The van der Waals surface area contributed by atoms with Crippen molar-refractivity contribution in [3.05, 3.63) is 35.4 Å². The summed E-state index contributed by atoms with van der Waals surface area (Å²) >= 11 is -0.549. The van der Waals surface area contributed by atoms with E-state index in [0.717, 1.165) is 25.7 Å². The van der Waals surface area contributed by atoms with Gasteiger partial charge in [-0.25, -0.2) is 0 Å². The first kappa shape index (κ1) is 13.2. The van der Waals surface area contributed by atoms with Gasteiger partial charge in [0.05, 0.1) is 0 Å². The molecule has 0 bridgehead atoms. The van der Waals surface area contributed by atoms with Crippen LogP contribution in [0.15, 0.2) is 24.3 Å². The third kappa shape index (κ3) is 3.86. The molecule has 0 saturated heterocycles. The van der Waals surface area contributed by atoms with Crippen molar-refractivity contribution in [3.63, 3.8) is 0 Å². The fraction of sp³-hybridized carbons (Fsp3) is 0.600. The van der Waals surface area contributed by atoms with E-state index in [9.17, 15) is 5.11 Å². The predicted octanol–water partition coefficient (Wildman–Crippen LogP) is 3.54. The quantitative estimate of drug-likeness (QED) is 0.845. The van der Waals surface area contributed by atoms with Crippen LogP contribution in [0, 0.1) is 0 Å². The van der Waals surface area contributed by atoms with Crippen LogP contribution in [0.4, 0.5) is 0 Å². The van der Waals surface area contributed by atoms with Crippen LogP contribution in [0.25, 0.3) is 0 Å². The molecule has 17 heavy (non-hydrogen) atoms. The first-order valence-electron chi connectivity index (χ1n) is 6.57. The first-order valence-corrected chi connectivity index (χ1v) is 11.6. The molecule has 0 amide bonds. The van der Waals surface area contributed by atoms with Crippen LogP contribution in [0.1, 0.15) is 42.7 Å². The third-order valence-corrected chi connectivity index (χ3v) is 5.74. The molecular formula is C15H23AsO. The number of hydrogen-bond acceptors (Lipinski definition) is 1. The zero-order valence-electron chi connectivity index (χ0n) is 10.9. The average molecular weight is 294 g/mol. The van der Waals surface area contributed by atoms with Gasteiger partial charge >= 0.3 is 109 Å². The number of aliphatic hydroxyl groups excluding tert-OH is 1. The summed E-state index contributed by atoms with van der Waals surface area (Å²) < 4.78 is 0. The van der Waals surface area contributed by atoms with Crippen LogP contribution in [0.3, 0.4) is 0 Å². The predicted molar refractivity (Wildman–Crippen MR) is 74.8 cm³/mol. The minimum atomic E-state index is -0.549. The summed E-state index contributed by atoms with van der Waals surface area (Å²) in [4.78, 5) is 0. The molecular weight excluding hydrogens is 271 g/mol. The second kappa shape index (κ2) is 6.07. The van der Waals surface area contributed by atoms with E-state index < -0.39 is 14.7 Å². The van der Waals surface area contributed by atoms with Crippen molar-refractivity contribution in [1.29, 1.82) is 0 Å². The van der Waals surface area contributed by atoms with Crippen molar-refractivity contribution in [1.82, 2.24) is 0 Å². The molecule has 1 N–H and O–H groups in total. The molecule has 0 atom stereocenters. The van der Waals surface area contributed by atoms with Crippen LogP contribution in [0.5, 0.6) is 0 Å². The van der Waals surface area contributed by atoms with Crippen molar-refractivity contribution in [2.45, 2.75) is 54.3 Å². The van der Waals surface area contributed by atoms with Crippen LogP contribution >= 0.6 is 0 Å². The summed E-state index contributed by atoms with van der Waals surface area (Å²) in [6.07, 6.45) is 4.22. The van der Waals surface area contributed by atoms with Gasteiger partial charge in [0.25, 0.3) is 0 Å². The Morgan fingerprint density at radius 3 is 2.18 bits per heavy atom. The Hall–Kier alpha value is -0.262. The molecule has 1 saturated carbocycles. The van der Waals surface area contributed by atoms with Gasteiger partial charge in [-0.1, -0.05) is 0 Å². The molecule has 1 aliphatic carbocycles. The van der Waals surface area contributed by atoms with Gasteiger partial charge in [0.2, 0.25) is 0 Å². The summed E-state index contributed by atoms with van der Waals surface area (Å²) in [5.41, 5.74) is 7.80. The average Bonchev–Trinajstić information content (AvgIpc) is 2.30. The Morgan fingerprint density at radius 1 is 1.06 bits per heavy atom. The number of hydrogen-bond donors (Lipinski definition) is 1. The van der Waals surface area contributed by atoms with E-state index in [-0.39, 0.29) is 6.10 Å². The molecule has 0 spiro atoms. The van der Waals surface area contributed by atoms with Crippen LogP contribution in [0.2, 0.25) is 11.4 Å². The van der Waals surface area contributed by atoms with E-state index in [4.69, 9.17) is 0 Å². The minimum absolute atomic E-state index is 0.0437. The summed E-state index contributed by atoms with van der Waals surface area (Å²) in [5.74, 6) is 0.685. The molecule has 1 nitrogen and oxygen atoms in total. The van der Waals surface area contributed by atoms with Gasteiger partial charge in [-0.05, 0) is 0 Å². The van der Waals surface area contributed by atoms with Crippen molar-refractivity contribution in [2.24, 2.45) is 0 Å². The van der Waals surface area contributed by atoms with E-state index in [1.807, 2.05) is 0 Å². The molecule has 1 aromatic rings. The molecule has 0 aliphatic heterocycles. The van der Waals surface area contributed by atoms with E-state index in [1.165, 1.54) is 16.3 Å². The molecule has 2 heteroatoms. The van der Waals surface area contributed by atoms with Crippen molar-refractivity contribution < 1.29 is 5.11 Å². The summed E-state index contributed by atoms with van der Waals surface area (Å²) in [6.45, 7) is 0. The number of benzene rings is 1. The van der Waals surface area contributed by atoms with E-state index in [2.05, 4.69) is 35.7 Å². The van der Waals surface area contributed by atoms with E-state index >= 15 is 0 Å². The summed E-state index contributed by atoms with van der Waals surface area (Å²) in [5, 5.41) is 10.8. The van der Waals surface area contributed by atoms with E-state index in [1.54, 1.807) is 0 Å². The second-order valence-electron chi connectivity index (χ2n) is 5.48. The Bertz CT molecular complexity index is 336. The molecule has 1 fully saturated rings. The van der Waals surface area contributed by atoms with Crippen LogP contribution in [-0.4, -0.2) is 25.9 Å². The second-order valence-corrected chi connectivity index (χ2v) is 10.7. The molecule has 0 unspecified atom stereocenters. The normalized spacial score (nSPS) is 25.2. The number of aliphatic hydroxyl groups is 1. The standard InChI is InChI=1S/C15H23AsO/c1-16(2)11-12-3-5-13(6-4-12)14-7-9-15(17)10-8-14/h3-6,14-15,17H,7-11H2,1-2H3. The van der Waals surface area contributed by atoms with Crippen LogP contribution < -0.4 is 0 Å². The van der Waals surface area contributed by atoms with Crippen molar-refractivity contribution in [3.8, 4) is 0 Å². The molecule has 0 heterocycles. The molecule has 0 aromatic heterocycles. The third-order valence-electron chi connectivity index (χ3n) is 3.65. The summed E-state index contributed by atoms with van der Waals surface area (Å²) in [6, 6.07) is 9.26. The number of rotatable bonds is 3. The van der Waals surface area contributed by atoms with Crippen molar-refractivity contribution in [2.75, 3.05) is 0 Å². The zero-order chi connectivity index (χ0) is 12.3. The van der Waals surface area contributed by atoms with E-state index in [0.29, 0.717) is 5.92 Å². The van der Waals surface area contributed by atoms with Crippen molar-refractivity contribution >= 4 is 14.7 Å². The Kier molecular flexibility index (Phi) is 4.70. The monoisotopic (exact) mass is 294 g/mol. The Labute approximate surface area is 110 Å². The van der Waals surface area contributed by atoms with Gasteiger partial charge in [-0.2, -0.15) is 0 Å². The topological polar surface area (TPSA) is 20.2 Å². The maximum absolute atomic E-state index is 9.52. The molecule has 0 radical (unpaired) electrons. The Balaban J connectivity index is 1.97. The SMILES string of the molecule is C[As](C)Cc1ccc(C2CCC(O)CC2)cc1. The van der Waals surface area contributed by atoms with Gasteiger partial charge in [0, 0.05) is 0 Å².